The van der Waals surface area contributed by atoms with Gasteiger partial charge in [-0.15, -0.1) is 0 Å². The first kappa shape index (κ1) is 19.2. The Balaban J connectivity index is 1.82. The molecule has 2 aromatic rings. The monoisotopic (exact) mass is 359 g/mol. The normalized spacial score (nSPS) is 11.3. The van der Waals surface area contributed by atoms with Crippen molar-refractivity contribution in [2.45, 2.75) is 32.4 Å². The third kappa shape index (κ3) is 6.35. The molecule has 25 heavy (non-hydrogen) atoms. The highest BCUT2D eigenvalue weighted by atomic mass is 32.2. The van der Waals surface area contributed by atoms with Crippen LogP contribution in [0, 0.1) is 13.8 Å². The van der Waals surface area contributed by atoms with Crippen LogP contribution in [0.4, 0.5) is 0 Å². The molecular formula is C20H25NO3S. The molecule has 1 amide bonds. The number of carbonyl (C=O) groups is 1. The van der Waals surface area contributed by atoms with Crippen LogP contribution in [0.1, 0.15) is 39.0 Å². The van der Waals surface area contributed by atoms with E-state index in [1.807, 2.05) is 0 Å². The van der Waals surface area contributed by atoms with E-state index in [-0.39, 0.29) is 11.7 Å². The van der Waals surface area contributed by atoms with E-state index in [4.69, 9.17) is 0 Å². The van der Waals surface area contributed by atoms with Gasteiger partial charge in [-0.05, 0) is 55.5 Å². The summed E-state index contributed by atoms with van der Waals surface area (Å²) in [6.07, 6.45) is 3.00. The van der Waals surface area contributed by atoms with Crippen molar-refractivity contribution in [3.8, 4) is 0 Å². The molecule has 0 fully saturated rings. The van der Waals surface area contributed by atoms with Crippen molar-refractivity contribution in [3.05, 3.63) is 70.3 Å². The molecule has 134 valence electrons. The van der Waals surface area contributed by atoms with Gasteiger partial charge in [0.15, 0.2) is 9.84 Å². The third-order valence-corrected chi connectivity index (χ3v) is 4.91. The maximum Gasteiger partial charge on any atom is 0.251 e. The lowest BCUT2D eigenvalue weighted by Crippen LogP contribution is -2.24. The average Bonchev–Trinajstić information content (AvgIpc) is 2.52. The van der Waals surface area contributed by atoms with Crippen molar-refractivity contribution in [1.82, 2.24) is 5.32 Å². The van der Waals surface area contributed by atoms with Gasteiger partial charge in [0, 0.05) is 18.4 Å². The van der Waals surface area contributed by atoms with E-state index in [1.54, 1.807) is 24.3 Å². The highest BCUT2D eigenvalue weighted by Gasteiger charge is 2.08. The van der Waals surface area contributed by atoms with Gasteiger partial charge in [-0.2, -0.15) is 0 Å². The predicted molar refractivity (Wildman–Crippen MR) is 102 cm³/mol. The minimum atomic E-state index is -3.06. The van der Waals surface area contributed by atoms with Crippen LogP contribution in [0.3, 0.4) is 0 Å². The number of benzene rings is 2. The highest BCUT2D eigenvalue weighted by molar-refractivity contribution is 7.89. The molecule has 2 rings (SSSR count). The van der Waals surface area contributed by atoms with E-state index in [9.17, 15) is 13.2 Å². The van der Waals surface area contributed by atoms with Gasteiger partial charge in [0.25, 0.3) is 5.91 Å². The second kappa shape index (κ2) is 8.30. The number of aryl methyl sites for hydroxylation is 3. The number of carbonyl (C=O) groups excluding carboxylic acids is 1. The summed E-state index contributed by atoms with van der Waals surface area (Å²) in [5, 5.41) is 2.91. The van der Waals surface area contributed by atoms with E-state index >= 15 is 0 Å². The lowest BCUT2D eigenvalue weighted by Gasteiger charge is -2.08. The standard InChI is InChI=1S/C20H25NO3S/c1-15-6-9-18(16(2)13-15)5-4-12-21-20(22)19-10-7-17(8-11-19)14-25(3,23)24/h6-11,13H,4-5,12,14H2,1-3H3,(H,21,22). The number of nitrogens with one attached hydrogen (secondary N) is 1. The minimum Gasteiger partial charge on any atom is -0.352 e. The molecule has 0 bridgehead atoms. The van der Waals surface area contributed by atoms with Crippen molar-refractivity contribution >= 4 is 15.7 Å². The van der Waals surface area contributed by atoms with Crippen LogP contribution < -0.4 is 5.32 Å². The smallest absolute Gasteiger partial charge is 0.251 e. The molecule has 0 aliphatic carbocycles. The first-order valence-corrected chi connectivity index (χ1v) is 10.4. The Morgan fingerprint density at radius 2 is 1.72 bits per heavy atom. The fourth-order valence-corrected chi connectivity index (χ4v) is 3.56. The van der Waals surface area contributed by atoms with Crippen molar-refractivity contribution in [2.24, 2.45) is 0 Å². The van der Waals surface area contributed by atoms with Crippen LogP contribution in [0.25, 0.3) is 0 Å². The third-order valence-electron chi connectivity index (χ3n) is 4.05. The lowest BCUT2D eigenvalue weighted by atomic mass is 10.0. The predicted octanol–water partition coefficient (Wildman–Crippen LogP) is 3.21. The van der Waals surface area contributed by atoms with Crippen LogP contribution in [0.5, 0.6) is 0 Å². The second-order valence-electron chi connectivity index (χ2n) is 6.56. The van der Waals surface area contributed by atoms with Gasteiger partial charge >= 0.3 is 0 Å². The number of sulfone groups is 1. The zero-order valence-electron chi connectivity index (χ0n) is 15.0. The Kier molecular flexibility index (Phi) is 6.37. The Bertz CT molecular complexity index is 840. The summed E-state index contributed by atoms with van der Waals surface area (Å²) >= 11 is 0. The first-order valence-electron chi connectivity index (χ1n) is 8.35. The number of rotatable bonds is 7. The fourth-order valence-electron chi connectivity index (χ4n) is 2.76. The number of amides is 1. The molecule has 1 N–H and O–H groups in total. The molecule has 0 saturated carbocycles. The van der Waals surface area contributed by atoms with Crippen LogP contribution in [-0.2, 0) is 22.0 Å². The van der Waals surface area contributed by atoms with Gasteiger partial charge in [0.2, 0.25) is 0 Å². The summed E-state index contributed by atoms with van der Waals surface area (Å²) < 4.78 is 22.5. The molecule has 0 atom stereocenters. The summed E-state index contributed by atoms with van der Waals surface area (Å²) in [5.41, 5.74) is 5.09. The molecule has 0 spiro atoms. The zero-order chi connectivity index (χ0) is 18.4. The molecule has 0 heterocycles. The molecular weight excluding hydrogens is 334 g/mol. The van der Waals surface area contributed by atoms with Crippen LogP contribution in [0.2, 0.25) is 0 Å². The number of hydrogen-bond acceptors (Lipinski definition) is 3. The van der Waals surface area contributed by atoms with Crippen LogP contribution in [-0.4, -0.2) is 27.1 Å². The van der Waals surface area contributed by atoms with Gasteiger partial charge in [0.1, 0.15) is 0 Å². The molecule has 0 aliphatic heterocycles. The molecule has 5 heteroatoms. The van der Waals surface area contributed by atoms with E-state index in [0.717, 1.165) is 12.8 Å². The number of hydrogen-bond donors (Lipinski definition) is 1. The Morgan fingerprint density at radius 1 is 1.04 bits per heavy atom. The Hall–Kier alpha value is -2.14. The van der Waals surface area contributed by atoms with Crippen molar-refractivity contribution in [1.29, 1.82) is 0 Å². The summed E-state index contributed by atoms with van der Waals surface area (Å²) in [6.45, 7) is 4.80. The first-order chi connectivity index (χ1) is 11.7. The maximum atomic E-state index is 12.1. The van der Waals surface area contributed by atoms with E-state index in [2.05, 4.69) is 37.4 Å². The van der Waals surface area contributed by atoms with E-state index in [0.29, 0.717) is 17.7 Å². The molecule has 0 aromatic heterocycles. The quantitative estimate of drug-likeness (QED) is 0.772. The van der Waals surface area contributed by atoms with Crippen molar-refractivity contribution in [3.63, 3.8) is 0 Å². The summed E-state index contributed by atoms with van der Waals surface area (Å²) in [6, 6.07) is 13.1. The van der Waals surface area contributed by atoms with Gasteiger partial charge in [-0.1, -0.05) is 35.9 Å². The van der Waals surface area contributed by atoms with E-state index < -0.39 is 9.84 Å². The minimum absolute atomic E-state index is 0.00913. The van der Waals surface area contributed by atoms with Gasteiger partial charge in [-0.3, -0.25) is 4.79 Å². The van der Waals surface area contributed by atoms with Crippen LogP contribution in [0.15, 0.2) is 42.5 Å². The molecule has 2 aromatic carbocycles. The van der Waals surface area contributed by atoms with Gasteiger partial charge in [-0.25, -0.2) is 8.42 Å². The fraction of sp³-hybridized carbons (Fsp3) is 0.350. The second-order valence-corrected chi connectivity index (χ2v) is 8.70. The summed E-state index contributed by atoms with van der Waals surface area (Å²) in [7, 11) is -3.06. The Labute approximate surface area is 150 Å². The maximum absolute atomic E-state index is 12.1. The zero-order valence-corrected chi connectivity index (χ0v) is 15.8. The summed E-state index contributed by atoms with van der Waals surface area (Å²) in [5.74, 6) is -0.142. The molecule has 0 unspecified atom stereocenters. The topological polar surface area (TPSA) is 63.2 Å². The van der Waals surface area contributed by atoms with Gasteiger partial charge in [0.05, 0.1) is 5.75 Å². The van der Waals surface area contributed by atoms with E-state index in [1.165, 1.54) is 22.9 Å². The van der Waals surface area contributed by atoms with Crippen molar-refractivity contribution in [2.75, 3.05) is 12.8 Å². The molecule has 0 radical (unpaired) electrons. The molecule has 0 aliphatic rings. The Morgan fingerprint density at radius 3 is 2.32 bits per heavy atom. The largest absolute Gasteiger partial charge is 0.352 e. The molecule has 4 nitrogen and oxygen atoms in total. The van der Waals surface area contributed by atoms with Gasteiger partial charge < -0.3 is 5.32 Å². The summed E-state index contributed by atoms with van der Waals surface area (Å²) in [4.78, 5) is 12.1. The van der Waals surface area contributed by atoms with Crippen LogP contribution >= 0.6 is 0 Å². The molecule has 0 saturated heterocycles. The average molecular weight is 359 g/mol. The lowest BCUT2D eigenvalue weighted by molar-refractivity contribution is 0.0953. The van der Waals surface area contributed by atoms with Crippen molar-refractivity contribution < 1.29 is 13.2 Å². The SMILES string of the molecule is Cc1ccc(CCCNC(=O)c2ccc(CS(C)(=O)=O)cc2)c(C)c1. The highest BCUT2D eigenvalue weighted by Crippen LogP contribution is 2.12.